The van der Waals surface area contributed by atoms with Crippen LogP contribution in [0.15, 0.2) is 23.3 Å². The minimum Gasteiger partial charge on any atom is -0.457 e. The summed E-state index contributed by atoms with van der Waals surface area (Å²) in [5, 5.41) is 0. The van der Waals surface area contributed by atoms with Crippen molar-refractivity contribution >= 4 is 11.8 Å². The van der Waals surface area contributed by atoms with Crippen LogP contribution < -0.4 is 0 Å². The maximum Gasteiger partial charge on any atom is 0.311 e. The number of nitrogens with zero attached hydrogens (tertiary/aromatic N) is 1. The molecule has 0 aromatic carbocycles. The lowest BCUT2D eigenvalue weighted by molar-refractivity contribution is -0.144. The lowest BCUT2D eigenvalue weighted by Crippen LogP contribution is -2.45. The van der Waals surface area contributed by atoms with Gasteiger partial charge in [-0.2, -0.15) is 0 Å². The van der Waals surface area contributed by atoms with Gasteiger partial charge in [0.15, 0.2) is 5.78 Å². The number of piperidine rings is 1. The zero-order valence-corrected chi connectivity index (χ0v) is 16.5. The van der Waals surface area contributed by atoms with E-state index in [9.17, 15) is 9.59 Å². The Bertz CT molecular complexity index is 704. The van der Waals surface area contributed by atoms with E-state index in [4.69, 9.17) is 4.74 Å². The number of allylic oxidation sites excluding steroid dienone is 3. The fourth-order valence-electron chi connectivity index (χ4n) is 5.76. The van der Waals surface area contributed by atoms with Crippen LogP contribution in [-0.2, 0) is 14.3 Å². The molecule has 2 heterocycles. The van der Waals surface area contributed by atoms with Crippen molar-refractivity contribution in [1.82, 2.24) is 4.90 Å². The molecule has 4 atom stereocenters. The van der Waals surface area contributed by atoms with Crippen LogP contribution in [0, 0.1) is 22.7 Å². The van der Waals surface area contributed by atoms with E-state index >= 15 is 0 Å². The van der Waals surface area contributed by atoms with Crippen LogP contribution in [0.3, 0.4) is 0 Å². The Labute approximate surface area is 156 Å². The van der Waals surface area contributed by atoms with Gasteiger partial charge in [-0.1, -0.05) is 26.8 Å². The molecular formula is C22H31NO3. The van der Waals surface area contributed by atoms with Gasteiger partial charge in [-0.05, 0) is 56.2 Å². The zero-order chi connectivity index (χ0) is 18.7. The van der Waals surface area contributed by atoms with Gasteiger partial charge in [0.2, 0.25) is 0 Å². The molecule has 4 aliphatic rings. The second kappa shape index (κ2) is 6.05. The van der Waals surface area contributed by atoms with Crippen LogP contribution in [0.5, 0.6) is 0 Å². The molecule has 3 fully saturated rings. The minimum atomic E-state index is -0.210. The van der Waals surface area contributed by atoms with E-state index in [-0.39, 0.29) is 35.1 Å². The topological polar surface area (TPSA) is 46.6 Å². The van der Waals surface area contributed by atoms with Gasteiger partial charge in [0.25, 0.3) is 0 Å². The highest BCUT2D eigenvalue weighted by Gasteiger charge is 2.54. The molecule has 0 spiro atoms. The zero-order valence-electron chi connectivity index (χ0n) is 16.5. The fraction of sp³-hybridized carbons (Fsp3) is 0.727. The Morgan fingerprint density at radius 2 is 2.00 bits per heavy atom. The van der Waals surface area contributed by atoms with Crippen molar-refractivity contribution in [2.75, 3.05) is 19.6 Å². The van der Waals surface area contributed by atoms with Crippen molar-refractivity contribution in [2.45, 2.75) is 59.5 Å². The average Bonchev–Trinajstić information content (AvgIpc) is 2.86. The summed E-state index contributed by atoms with van der Waals surface area (Å²) in [6.45, 7) is 11.6. The first-order valence-electron chi connectivity index (χ1n) is 10.1. The van der Waals surface area contributed by atoms with Gasteiger partial charge in [0.05, 0.1) is 5.92 Å². The highest BCUT2D eigenvalue weighted by atomic mass is 16.6. The summed E-state index contributed by atoms with van der Waals surface area (Å²) >= 11 is 0. The Morgan fingerprint density at radius 1 is 1.23 bits per heavy atom. The second-order valence-corrected chi connectivity index (χ2v) is 9.82. The fourth-order valence-corrected chi connectivity index (χ4v) is 5.76. The number of fused-ring (bicyclic) bond motifs is 3. The van der Waals surface area contributed by atoms with Gasteiger partial charge in [0.1, 0.15) is 6.10 Å². The molecule has 1 saturated carbocycles. The molecule has 0 radical (unpaired) electrons. The Kier molecular flexibility index (Phi) is 4.18. The molecule has 2 aliphatic heterocycles. The Hall–Kier alpha value is -1.42. The molecule has 4 unspecified atom stereocenters. The minimum absolute atomic E-state index is 0.0558. The third kappa shape index (κ3) is 2.87. The molecular weight excluding hydrogens is 326 g/mol. The first-order chi connectivity index (χ1) is 12.2. The van der Waals surface area contributed by atoms with Gasteiger partial charge >= 0.3 is 5.97 Å². The van der Waals surface area contributed by atoms with Crippen LogP contribution in [-0.4, -0.2) is 42.4 Å². The quantitative estimate of drug-likeness (QED) is 0.710. The number of likely N-dealkylation sites (tertiary alicyclic amines) is 1. The van der Waals surface area contributed by atoms with Gasteiger partial charge in [-0.15, -0.1) is 0 Å². The van der Waals surface area contributed by atoms with Crippen LogP contribution >= 0.6 is 0 Å². The van der Waals surface area contributed by atoms with E-state index < -0.39 is 0 Å². The Morgan fingerprint density at radius 3 is 2.73 bits per heavy atom. The maximum absolute atomic E-state index is 12.8. The SMILES string of the molecule is CC1=C2C3OC(=O)C(CN4CCCC(C)(C)C4)C3CCC2(C)C=CC1=O. The number of rotatable bonds is 2. The lowest BCUT2D eigenvalue weighted by Gasteiger charge is -2.44. The molecule has 26 heavy (non-hydrogen) atoms. The third-order valence-electron chi connectivity index (χ3n) is 7.16. The monoisotopic (exact) mass is 357 g/mol. The van der Waals surface area contributed by atoms with Crippen molar-refractivity contribution in [3.8, 4) is 0 Å². The summed E-state index contributed by atoms with van der Waals surface area (Å²) in [5.41, 5.74) is 2.04. The second-order valence-electron chi connectivity index (χ2n) is 9.82. The van der Waals surface area contributed by atoms with E-state index in [1.54, 1.807) is 6.08 Å². The summed E-state index contributed by atoms with van der Waals surface area (Å²) in [6.07, 6.45) is 7.95. The molecule has 0 aromatic heterocycles. The van der Waals surface area contributed by atoms with Crippen LogP contribution in [0.2, 0.25) is 0 Å². The summed E-state index contributed by atoms with van der Waals surface area (Å²) in [5.74, 6) is 0.162. The predicted molar refractivity (Wildman–Crippen MR) is 101 cm³/mol. The van der Waals surface area contributed by atoms with Crippen LogP contribution in [0.4, 0.5) is 0 Å². The van der Waals surface area contributed by atoms with E-state index in [0.29, 0.717) is 5.41 Å². The van der Waals surface area contributed by atoms with E-state index in [0.717, 1.165) is 43.6 Å². The number of carbonyl (C=O) groups is 2. The summed E-state index contributed by atoms with van der Waals surface area (Å²) < 4.78 is 5.92. The van der Waals surface area contributed by atoms with Gasteiger partial charge in [-0.3, -0.25) is 9.59 Å². The molecule has 0 aromatic rings. The van der Waals surface area contributed by atoms with Gasteiger partial charge < -0.3 is 9.64 Å². The van der Waals surface area contributed by atoms with Gasteiger partial charge in [0, 0.05) is 30.0 Å². The molecule has 4 nitrogen and oxygen atoms in total. The lowest BCUT2D eigenvalue weighted by atomic mass is 9.61. The summed E-state index contributed by atoms with van der Waals surface area (Å²) in [7, 11) is 0. The highest BCUT2D eigenvalue weighted by molar-refractivity contribution is 6.05. The molecule has 4 rings (SSSR count). The van der Waals surface area contributed by atoms with Crippen molar-refractivity contribution in [2.24, 2.45) is 22.7 Å². The highest BCUT2D eigenvalue weighted by Crippen LogP contribution is 2.53. The van der Waals surface area contributed by atoms with Crippen LogP contribution in [0.25, 0.3) is 0 Å². The van der Waals surface area contributed by atoms with Gasteiger partial charge in [-0.25, -0.2) is 0 Å². The maximum atomic E-state index is 12.8. The molecule has 0 N–H and O–H groups in total. The normalized spacial score (nSPS) is 39.6. The number of ether oxygens (including phenoxy) is 1. The van der Waals surface area contributed by atoms with E-state index in [1.165, 1.54) is 12.8 Å². The number of carbonyl (C=O) groups excluding carboxylic acids is 2. The van der Waals surface area contributed by atoms with Crippen molar-refractivity contribution in [1.29, 1.82) is 0 Å². The Balaban J connectivity index is 1.57. The van der Waals surface area contributed by atoms with Crippen molar-refractivity contribution in [3.63, 3.8) is 0 Å². The van der Waals surface area contributed by atoms with Crippen molar-refractivity contribution < 1.29 is 14.3 Å². The molecule has 142 valence electrons. The van der Waals surface area contributed by atoms with E-state index in [1.807, 2.05) is 13.0 Å². The first-order valence-corrected chi connectivity index (χ1v) is 10.1. The average molecular weight is 357 g/mol. The predicted octanol–water partition coefficient (Wildman–Crippen LogP) is 3.52. The number of hydrogen-bond donors (Lipinski definition) is 0. The molecule has 0 amide bonds. The largest absolute Gasteiger partial charge is 0.457 e. The van der Waals surface area contributed by atoms with E-state index in [2.05, 4.69) is 25.7 Å². The molecule has 2 aliphatic carbocycles. The first kappa shape index (κ1) is 18.0. The molecule has 2 saturated heterocycles. The molecule has 4 heteroatoms. The number of hydrogen-bond acceptors (Lipinski definition) is 4. The molecule has 0 bridgehead atoms. The smallest absolute Gasteiger partial charge is 0.311 e. The van der Waals surface area contributed by atoms with Crippen molar-refractivity contribution in [3.05, 3.63) is 23.3 Å². The number of ketones is 1. The summed E-state index contributed by atoms with van der Waals surface area (Å²) in [6, 6.07) is 0. The summed E-state index contributed by atoms with van der Waals surface area (Å²) in [4.78, 5) is 27.5. The number of esters is 1. The van der Waals surface area contributed by atoms with Crippen LogP contribution in [0.1, 0.15) is 53.4 Å². The third-order valence-corrected chi connectivity index (χ3v) is 7.16. The standard InChI is InChI=1S/C22H31NO3/c1-14-17(24)7-10-22(4)9-6-15-16(20(25)26-19(15)18(14)22)12-23-11-5-8-21(2,3)13-23/h7,10,15-16,19H,5-6,8-9,11-13H2,1-4H3.